The van der Waals surface area contributed by atoms with E-state index in [1.165, 1.54) is 0 Å². The third-order valence-electron chi connectivity index (χ3n) is 0. The number of hydrogen-bond donors (Lipinski definition) is 0. The van der Waals surface area contributed by atoms with Crippen molar-refractivity contribution in [2.24, 2.45) is 0 Å². The Morgan fingerprint density at radius 2 is 1.25 bits per heavy atom. The fourth-order valence-corrected chi connectivity index (χ4v) is 0. The summed E-state index contributed by atoms with van der Waals surface area (Å²) in [5.74, 6) is 0. The normalized spacial score (nSPS) is 0.750. The van der Waals surface area contributed by atoms with Crippen LogP contribution in [-0.4, -0.2) is 21.7 Å². The van der Waals surface area contributed by atoms with Crippen LogP contribution in [0.1, 0.15) is 0 Å². The Labute approximate surface area is 43.0 Å². The van der Waals surface area contributed by atoms with Crippen molar-refractivity contribution in [1.29, 1.82) is 0 Å². The maximum absolute atomic E-state index is 8.28. The van der Waals surface area contributed by atoms with E-state index in [1.807, 2.05) is 0 Å². The summed E-state index contributed by atoms with van der Waals surface area (Å²) in [5.41, 5.74) is 0. The zero-order valence-electron chi connectivity index (χ0n) is 1.99. The van der Waals surface area contributed by atoms with Crippen molar-refractivity contribution in [3.05, 3.63) is 0 Å². The molecule has 2 nitrogen and oxygen atoms in total. The van der Waals surface area contributed by atoms with E-state index in [0.29, 0.717) is 16.2 Å². The molecule has 0 spiro atoms. The van der Waals surface area contributed by atoms with Gasteiger partial charge in [0.15, 0.2) is 0 Å². The van der Waals surface area contributed by atoms with E-state index in [-0.39, 0.29) is 22.5 Å². The first-order chi connectivity index (χ1) is 1.00. The van der Waals surface area contributed by atoms with Gasteiger partial charge in [-0.3, -0.25) is 0 Å². The molecule has 0 amide bonds. The molecule has 4 heteroatoms. The van der Waals surface area contributed by atoms with E-state index < -0.39 is 0 Å². The Balaban J connectivity index is -0.00000000500. The van der Waals surface area contributed by atoms with Crippen molar-refractivity contribution >= 4 is 16.2 Å². The van der Waals surface area contributed by atoms with Crippen molar-refractivity contribution in [2.75, 3.05) is 0 Å². The summed E-state index contributed by atoms with van der Waals surface area (Å²) in [6, 6.07) is 0. The van der Waals surface area contributed by atoms with Gasteiger partial charge in [-0.1, -0.05) is 0 Å². The van der Waals surface area contributed by atoms with Crippen molar-refractivity contribution in [2.45, 2.75) is 0 Å². The van der Waals surface area contributed by atoms with Gasteiger partial charge in [-0.15, -0.1) is 0 Å². The summed E-state index contributed by atoms with van der Waals surface area (Å²) in [7, 11) is 0. The average molecular weight is 117 g/mol. The van der Waals surface area contributed by atoms with E-state index >= 15 is 0 Å². The summed E-state index contributed by atoms with van der Waals surface area (Å²) in [5, 5.41) is 0. The van der Waals surface area contributed by atoms with Crippen LogP contribution in [0, 0.1) is 0 Å². The number of rotatable bonds is 0. The molecule has 2 N–H and O–H groups in total. The third-order valence-corrected chi connectivity index (χ3v) is 0. The van der Waals surface area contributed by atoms with Gasteiger partial charge in [-0.05, 0) is 0 Å². The molecule has 0 bridgehead atoms. The maximum atomic E-state index is 8.28. The summed E-state index contributed by atoms with van der Waals surface area (Å²) in [4.78, 5) is 0. The fourth-order valence-electron chi connectivity index (χ4n) is 0. The molecule has 0 saturated carbocycles. The van der Waals surface area contributed by atoms with Crippen LogP contribution in [0.3, 0.4) is 0 Å². The summed E-state index contributed by atoms with van der Waals surface area (Å²) >= 11 is 0.611. The van der Waals surface area contributed by atoms with Crippen molar-refractivity contribution in [3.8, 4) is 0 Å². The Kier molecular flexibility index (Phi) is 243. The molecule has 0 aromatic carbocycles. The van der Waals surface area contributed by atoms with E-state index in [0.717, 1.165) is 0 Å². The molecule has 0 fully saturated rings. The second-order valence-corrected chi connectivity index (χ2v) is 0. The van der Waals surface area contributed by atoms with Crippen LogP contribution < -0.4 is 0 Å². The zero-order valence-corrected chi connectivity index (χ0v) is 4.59. The molecule has 0 aliphatic heterocycles. The second kappa shape index (κ2) is 45.7. The van der Waals surface area contributed by atoms with Crippen LogP contribution in [0.2, 0.25) is 0 Å². The Bertz CT molecular complexity index is 6.00. The first kappa shape index (κ1) is 21.3. The van der Waals surface area contributed by atoms with Gasteiger partial charge in [-0.25, -0.2) is 0 Å². The second-order valence-electron chi connectivity index (χ2n) is 0. The van der Waals surface area contributed by atoms with E-state index in [1.54, 1.807) is 0 Å². The van der Waals surface area contributed by atoms with Crippen molar-refractivity contribution in [1.82, 2.24) is 0 Å². The zero-order chi connectivity index (χ0) is 2.00. The van der Waals surface area contributed by atoms with Gasteiger partial charge in [0.1, 0.15) is 0 Å². The van der Waals surface area contributed by atoms with Gasteiger partial charge >= 0.3 is 20.0 Å². The third kappa shape index (κ3) is 14.0. The first-order valence-corrected chi connectivity index (χ1v) is 0.866. The molecular weight excluding hydrogens is 114 g/mol. The van der Waals surface area contributed by atoms with E-state index in [2.05, 4.69) is 0 Å². The van der Waals surface area contributed by atoms with Crippen LogP contribution in [0.15, 0.2) is 0 Å². The molecule has 0 aromatic rings. The molecule has 0 aliphatic carbocycles. The van der Waals surface area contributed by atoms with Crippen LogP contribution in [0.5, 0.6) is 0 Å². The van der Waals surface area contributed by atoms with Crippen LogP contribution in [0.4, 0.5) is 0 Å². The van der Waals surface area contributed by atoms with Gasteiger partial charge in [-0.2, -0.15) is 0 Å². The summed E-state index contributed by atoms with van der Waals surface area (Å²) < 4.78 is 8.28. The Hall–Kier alpha value is 0.812. The molecule has 0 unspecified atom stereocenters. The molecule has 4 heavy (non-hydrogen) atoms. The quantitative estimate of drug-likeness (QED) is 0.352. The van der Waals surface area contributed by atoms with Crippen molar-refractivity contribution < 1.29 is 26.3 Å². The minimum atomic E-state index is 0. The number of hydrogen-bond acceptors (Lipinski definition) is 1. The molecule has 1 radical (unpaired) electrons. The summed E-state index contributed by atoms with van der Waals surface area (Å²) in [6.07, 6.45) is 0. The first-order valence-electron chi connectivity index (χ1n) is 0.289. The Morgan fingerprint density at radius 1 is 1.25 bits per heavy atom. The molecule has 0 saturated heterocycles. The minimum absolute atomic E-state index is 0. The molecule has 0 heterocycles. The Morgan fingerprint density at radius 3 is 1.25 bits per heavy atom. The molecule has 0 aliphatic rings. The predicted octanol–water partition coefficient (Wildman–Crippen LogP) is -1.59. The van der Waals surface area contributed by atoms with E-state index in [4.69, 9.17) is 3.80 Å². The molecule has 25 valence electrons. The fraction of sp³-hybridized carbons (Fsp3) is 0. The standard InChI is InChI=1S/Al.Mn.H2O.O.H/h;;1H2;;. The average Bonchev–Trinajstić information content (AvgIpc) is 1.00. The molecule has 0 aromatic heterocycles. The monoisotopic (exact) mass is 117 g/mol. The van der Waals surface area contributed by atoms with Crippen molar-refractivity contribution in [3.63, 3.8) is 0 Å². The van der Waals surface area contributed by atoms with Gasteiger partial charge in [0.25, 0.3) is 0 Å². The SMILES string of the molecule is O.[Mn].[O]=[AlH]. The van der Waals surface area contributed by atoms with Gasteiger partial charge < -0.3 is 5.48 Å². The topological polar surface area (TPSA) is 48.6 Å². The van der Waals surface area contributed by atoms with Gasteiger partial charge in [0, 0.05) is 17.1 Å². The summed E-state index contributed by atoms with van der Waals surface area (Å²) in [6.45, 7) is 0. The van der Waals surface area contributed by atoms with Gasteiger partial charge in [0.05, 0.1) is 0 Å². The van der Waals surface area contributed by atoms with E-state index in [9.17, 15) is 0 Å². The van der Waals surface area contributed by atoms with Gasteiger partial charge in [0.2, 0.25) is 0 Å². The van der Waals surface area contributed by atoms with Crippen LogP contribution in [-0.2, 0) is 20.9 Å². The molecule has 0 atom stereocenters. The predicted molar refractivity (Wildman–Crippen MR) is 11.4 cm³/mol. The van der Waals surface area contributed by atoms with Crippen LogP contribution in [0.25, 0.3) is 0 Å². The molecular formula is H3AlMnO2. The molecule has 0 rings (SSSR count). The van der Waals surface area contributed by atoms with Crippen LogP contribution >= 0.6 is 0 Å².